The zero-order valence-corrected chi connectivity index (χ0v) is 11.9. The van der Waals surface area contributed by atoms with Gasteiger partial charge in [-0.05, 0) is 30.7 Å². The average Bonchev–Trinajstić information content (AvgIpc) is 2.94. The molecule has 0 aliphatic heterocycles. The smallest absolute Gasteiger partial charge is 0.270 e. The minimum absolute atomic E-state index is 0.0784. The highest BCUT2D eigenvalue weighted by Gasteiger charge is 2.09. The van der Waals surface area contributed by atoms with Crippen LogP contribution in [0.5, 0.6) is 0 Å². The molecule has 21 heavy (non-hydrogen) atoms. The van der Waals surface area contributed by atoms with Gasteiger partial charge in [0.25, 0.3) is 5.69 Å². The number of hydrogen-bond acceptors (Lipinski definition) is 4. The first-order valence-electron chi connectivity index (χ1n) is 6.20. The van der Waals surface area contributed by atoms with Gasteiger partial charge in [0.2, 0.25) is 0 Å². The van der Waals surface area contributed by atoms with Crippen molar-refractivity contribution < 1.29 is 9.72 Å². The number of carbonyl (C=O) groups is 1. The maximum absolute atomic E-state index is 12.0. The second kappa shape index (κ2) is 6.32. The molecule has 1 aromatic heterocycles. The van der Waals surface area contributed by atoms with Crippen LogP contribution in [-0.2, 0) is 6.54 Å². The van der Waals surface area contributed by atoms with Crippen LogP contribution in [-0.4, -0.2) is 20.5 Å². The van der Waals surface area contributed by atoms with Crippen molar-refractivity contribution in [3.63, 3.8) is 0 Å². The Hall–Kier alpha value is -2.47. The summed E-state index contributed by atoms with van der Waals surface area (Å²) in [5.74, 6) is -0.239. The van der Waals surface area contributed by atoms with Crippen LogP contribution in [0.2, 0.25) is 5.02 Å². The number of allylic oxidation sites excluding steroid dienone is 1. The Morgan fingerprint density at radius 1 is 1.52 bits per heavy atom. The maximum Gasteiger partial charge on any atom is 0.270 e. The van der Waals surface area contributed by atoms with Gasteiger partial charge in [-0.2, -0.15) is 5.10 Å². The van der Waals surface area contributed by atoms with Crippen LogP contribution in [0.15, 0.2) is 36.7 Å². The molecular formula is C14H12ClN3O3. The fraction of sp³-hybridized carbons (Fsp3) is 0.143. The highest BCUT2D eigenvalue weighted by molar-refractivity contribution is 6.32. The Labute approximate surface area is 125 Å². The van der Waals surface area contributed by atoms with Gasteiger partial charge in [-0.1, -0.05) is 11.6 Å². The van der Waals surface area contributed by atoms with Crippen LogP contribution in [0, 0.1) is 10.1 Å². The van der Waals surface area contributed by atoms with Gasteiger partial charge < -0.3 is 0 Å². The first kappa shape index (κ1) is 14.9. The molecule has 0 fully saturated rings. The molecule has 1 aromatic carbocycles. The Kier molecular flexibility index (Phi) is 4.49. The van der Waals surface area contributed by atoms with Crippen molar-refractivity contribution in [1.82, 2.24) is 9.78 Å². The van der Waals surface area contributed by atoms with E-state index in [-0.39, 0.29) is 11.5 Å². The van der Waals surface area contributed by atoms with E-state index in [2.05, 4.69) is 5.10 Å². The minimum atomic E-state index is -0.513. The number of nitrogens with zero attached hydrogens (tertiary/aromatic N) is 3. The van der Waals surface area contributed by atoms with E-state index >= 15 is 0 Å². The Balaban J connectivity index is 2.22. The number of aryl methyl sites for hydroxylation is 1. The van der Waals surface area contributed by atoms with Crippen molar-refractivity contribution in [2.75, 3.05) is 0 Å². The number of non-ortho nitro benzene ring substituents is 1. The summed E-state index contributed by atoms with van der Waals surface area (Å²) < 4.78 is 1.64. The van der Waals surface area contributed by atoms with E-state index < -0.39 is 4.92 Å². The number of rotatable bonds is 5. The van der Waals surface area contributed by atoms with Crippen molar-refractivity contribution in [2.45, 2.75) is 13.5 Å². The number of carbonyl (C=O) groups excluding carboxylic acids is 1. The fourth-order valence-electron chi connectivity index (χ4n) is 1.70. The van der Waals surface area contributed by atoms with E-state index in [0.717, 1.165) is 0 Å². The van der Waals surface area contributed by atoms with Crippen LogP contribution in [0.3, 0.4) is 0 Å². The zero-order valence-electron chi connectivity index (χ0n) is 11.2. The molecule has 0 saturated carbocycles. The Morgan fingerprint density at radius 2 is 2.29 bits per heavy atom. The minimum Gasteiger partial charge on any atom is -0.289 e. The second-order valence-electron chi connectivity index (χ2n) is 4.25. The van der Waals surface area contributed by atoms with Crippen LogP contribution in [0.4, 0.5) is 5.69 Å². The lowest BCUT2D eigenvalue weighted by atomic mass is 10.1. The van der Waals surface area contributed by atoms with Crippen molar-refractivity contribution in [3.05, 3.63) is 62.9 Å². The molecule has 0 unspecified atom stereocenters. The van der Waals surface area contributed by atoms with E-state index in [0.29, 0.717) is 22.7 Å². The lowest BCUT2D eigenvalue weighted by molar-refractivity contribution is -0.384. The summed E-state index contributed by atoms with van der Waals surface area (Å²) in [5, 5.41) is 15.1. The molecule has 0 saturated heterocycles. The van der Waals surface area contributed by atoms with E-state index in [1.54, 1.807) is 10.9 Å². The molecule has 6 nitrogen and oxygen atoms in total. The molecular weight excluding hydrogens is 294 g/mol. The van der Waals surface area contributed by atoms with Gasteiger partial charge in [0, 0.05) is 29.9 Å². The summed E-state index contributed by atoms with van der Waals surface area (Å²) in [6, 6.07) is 4.06. The van der Waals surface area contributed by atoms with Crippen molar-refractivity contribution >= 4 is 29.1 Å². The molecule has 0 aliphatic rings. The molecule has 108 valence electrons. The van der Waals surface area contributed by atoms with E-state index in [9.17, 15) is 14.9 Å². The quantitative estimate of drug-likeness (QED) is 0.367. The number of ketones is 1. The average molecular weight is 306 g/mol. The summed E-state index contributed by atoms with van der Waals surface area (Å²) in [6.45, 7) is 2.59. The normalized spacial score (nSPS) is 11.0. The molecule has 0 spiro atoms. The first-order chi connectivity index (χ1) is 10.0. The van der Waals surface area contributed by atoms with Crippen molar-refractivity contribution in [2.24, 2.45) is 0 Å². The molecule has 0 amide bonds. The van der Waals surface area contributed by atoms with E-state index in [4.69, 9.17) is 11.6 Å². The monoisotopic (exact) mass is 305 g/mol. The second-order valence-corrected chi connectivity index (χ2v) is 4.65. The summed E-state index contributed by atoms with van der Waals surface area (Å²) in [7, 11) is 0. The highest BCUT2D eigenvalue weighted by atomic mass is 35.5. The van der Waals surface area contributed by atoms with Gasteiger partial charge >= 0.3 is 0 Å². The zero-order chi connectivity index (χ0) is 15.4. The largest absolute Gasteiger partial charge is 0.289 e. The molecule has 0 N–H and O–H groups in total. The summed E-state index contributed by atoms with van der Waals surface area (Å²) >= 11 is 5.96. The highest BCUT2D eigenvalue weighted by Crippen LogP contribution is 2.23. The van der Waals surface area contributed by atoms with E-state index in [1.807, 2.05) is 6.92 Å². The molecule has 1 heterocycles. The van der Waals surface area contributed by atoms with Crippen LogP contribution in [0.25, 0.3) is 6.08 Å². The van der Waals surface area contributed by atoms with Crippen LogP contribution in [0.1, 0.15) is 22.8 Å². The number of nitro benzene ring substituents is 1. The van der Waals surface area contributed by atoms with Crippen molar-refractivity contribution in [3.8, 4) is 0 Å². The number of nitro groups is 1. The lowest BCUT2D eigenvalue weighted by Crippen LogP contribution is -1.94. The predicted octanol–water partition coefficient (Wildman–Crippen LogP) is 3.36. The van der Waals surface area contributed by atoms with Gasteiger partial charge in [0.1, 0.15) is 0 Å². The van der Waals surface area contributed by atoms with Gasteiger partial charge in [-0.25, -0.2) is 0 Å². The SMILES string of the molecule is CCn1cc(C(=O)C=Cc2cc([N+](=O)[O-])ccc2Cl)cn1. The molecule has 7 heteroatoms. The number of benzene rings is 1. The summed E-state index contributed by atoms with van der Waals surface area (Å²) in [5.41, 5.74) is 0.794. The van der Waals surface area contributed by atoms with Crippen LogP contribution >= 0.6 is 11.6 Å². The third kappa shape index (κ3) is 3.55. The van der Waals surface area contributed by atoms with E-state index in [1.165, 1.54) is 36.5 Å². The van der Waals surface area contributed by atoms with Gasteiger partial charge in [0.15, 0.2) is 5.78 Å². The molecule has 0 radical (unpaired) electrons. The van der Waals surface area contributed by atoms with Gasteiger partial charge in [-0.3, -0.25) is 19.6 Å². The number of hydrogen-bond donors (Lipinski definition) is 0. The standard InChI is InChI=1S/C14H12ClN3O3/c1-2-17-9-11(8-16-17)14(19)6-3-10-7-12(18(20)21)4-5-13(10)15/h3-9H,2H2,1H3. The molecule has 0 bridgehead atoms. The number of aromatic nitrogens is 2. The number of halogens is 1. The Morgan fingerprint density at radius 3 is 2.90 bits per heavy atom. The summed E-state index contributed by atoms with van der Waals surface area (Å²) in [4.78, 5) is 22.2. The fourth-order valence-corrected chi connectivity index (χ4v) is 1.88. The van der Waals surface area contributed by atoms with Crippen LogP contribution < -0.4 is 0 Å². The molecule has 2 aromatic rings. The molecule has 2 rings (SSSR count). The van der Waals surface area contributed by atoms with Crippen molar-refractivity contribution in [1.29, 1.82) is 0 Å². The van der Waals surface area contributed by atoms with Gasteiger partial charge in [0.05, 0.1) is 16.7 Å². The third-order valence-corrected chi connectivity index (χ3v) is 3.19. The molecule has 0 atom stereocenters. The maximum atomic E-state index is 12.0. The topological polar surface area (TPSA) is 78.0 Å². The Bertz CT molecular complexity index is 722. The lowest BCUT2D eigenvalue weighted by Gasteiger charge is -1.98. The molecule has 0 aliphatic carbocycles. The summed E-state index contributed by atoms with van der Waals surface area (Å²) in [6.07, 6.45) is 5.90. The predicted molar refractivity (Wildman–Crippen MR) is 79.4 cm³/mol. The van der Waals surface area contributed by atoms with Gasteiger partial charge in [-0.15, -0.1) is 0 Å². The first-order valence-corrected chi connectivity index (χ1v) is 6.58. The third-order valence-electron chi connectivity index (χ3n) is 2.85.